The van der Waals surface area contributed by atoms with Crippen molar-refractivity contribution in [2.24, 2.45) is 0 Å². The molecule has 4 N–H and O–H groups in total. The summed E-state index contributed by atoms with van der Waals surface area (Å²) in [6.45, 7) is 7.16. The molecule has 6 heteroatoms. The Morgan fingerprint density at radius 1 is 0.923 bits per heavy atom. The van der Waals surface area contributed by atoms with Crippen molar-refractivity contribution < 1.29 is 24.6 Å². The average molecular weight is 214 g/mol. The Morgan fingerprint density at radius 2 is 1.00 bits per heavy atom. The summed E-state index contributed by atoms with van der Waals surface area (Å²) < 4.78 is 9.33. The molecular weight excluding hydrogens is 195 g/mol. The molecular formula is C7H19O5P. The molecule has 82 valence electrons. The van der Waals surface area contributed by atoms with E-state index in [0.29, 0.717) is 0 Å². The first-order valence-electron chi connectivity index (χ1n) is 3.73. The fourth-order valence-corrected chi connectivity index (χ4v) is 0. The van der Waals surface area contributed by atoms with Crippen LogP contribution in [-0.4, -0.2) is 37.9 Å². The Morgan fingerprint density at radius 3 is 1.00 bits per heavy atom. The van der Waals surface area contributed by atoms with Gasteiger partial charge in [-0.15, -0.1) is 0 Å². The van der Waals surface area contributed by atoms with E-state index in [4.69, 9.17) is 20.0 Å². The maximum Gasteiger partial charge on any atom is 0.322 e. The molecule has 0 aromatic rings. The molecule has 0 heterocycles. The topological polar surface area (TPSA) is 98.0 Å². The van der Waals surface area contributed by atoms with Gasteiger partial charge in [0.25, 0.3) is 0 Å². The van der Waals surface area contributed by atoms with Gasteiger partial charge in [-0.1, -0.05) is 0 Å². The fourth-order valence-electron chi connectivity index (χ4n) is 0. The summed E-state index contributed by atoms with van der Waals surface area (Å²) in [5.41, 5.74) is -2.01. The molecule has 0 atom stereocenters. The molecule has 0 aliphatic carbocycles. The zero-order valence-corrected chi connectivity index (χ0v) is 9.54. The van der Waals surface area contributed by atoms with Gasteiger partial charge in [-0.2, -0.15) is 0 Å². The summed E-state index contributed by atoms with van der Waals surface area (Å²) in [6.07, 6.45) is 0. The smallest absolute Gasteiger partial charge is 0.322 e. The van der Waals surface area contributed by atoms with Crippen LogP contribution in [0.1, 0.15) is 27.7 Å². The van der Waals surface area contributed by atoms with Crippen molar-refractivity contribution in [2.75, 3.05) is 6.66 Å². The van der Waals surface area contributed by atoms with Gasteiger partial charge in [-0.25, -0.2) is 0 Å². The van der Waals surface area contributed by atoms with Gasteiger partial charge in [-0.3, -0.25) is 4.57 Å². The molecule has 0 aliphatic heterocycles. The van der Waals surface area contributed by atoms with Gasteiger partial charge >= 0.3 is 7.60 Å². The number of rotatable bonds is 1. The quantitative estimate of drug-likeness (QED) is 0.471. The van der Waals surface area contributed by atoms with E-state index in [9.17, 15) is 4.57 Å². The molecule has 0 radical (unpaired) electrons. The minimum atomic E-state index is -3.64. The molecule has 0 unspecified atom stereocenters. The number of aliphatic hydroxyl groups is 2. The molecule has 0 aliphatic rings. The van der Waals surface area contributed by atoms with E-state index in [1.807, 2.05) is 0 Å². The minimum absolute atomic E-state index is 0.854. The molecule has 0 saturated heterocycles. The second-order valence-electron chi connectivity index (χ2n) is 3.95. The summed E-state index contributed by atoms with van der Waals surface area (Å²) in [7, 11) is -3.64. The van der Waals surface area contributed by atoms with Crippen LogP contribution in [0.3, 0.4) is 0 Å². The van der Waals surface area contributed by atoms with Crippen LogP contribution in [0, 0.1) is 0 Å². The van der Waals surface area contributed by atoms with Gasteiger partial charge in [0, 0.05) is 6.66 Å². The third kappa shape index (κ3) is 14.9. The second-order valence-corrected chi connectivity index (χ2v) is 5.62. The molecule has 0 spiro atoms. The summed E-state index contributed by atoms with van der Waals surface area (Å²) in [4.78, 5) is 15.3. The van der Waals surface area contributed by atoms with Crippen molar-refractivity contribution in [2.45, 2.75) is 38.9 Å². The third-order valence-electron chi connectivity index (χ3n) is 1.50. The highest BCUT2D eigenvalue weighted by atomic mass is 31.2. The Hall–Kier alpha value is 0.0700. The van der Waals surface area contributed by atoms with E-state index in [-0.39, 0.29) is 0 Å². The van der Waals surface area contributed by atoms with Gasteiger partial charge in [0.05, 0.1) is 11.2 Å². The van der Waals surface area contributed by atoms with Crippen LogP contribution in [0.15, 0.2) is 0 Å². The zero-order chi connectivity index (χ0) is 11.5. The maximum absolute atomic E-state index is 9.33. The van der Waals surface area contributed by atoms with Crippen molar-refractivity contribution in [3.05, 3.63) is 0 Å². The third-order valence-corrected chi connectivity index (χ3v) is 1.50. The van der Waals surface area contributed by atoms with Crippen LogP contribution in [0.4, 0.5) is 0 Å². The normalized spacial score (nSPS) is 13.3. The van der Waals surface area contributed by atoms with Gasteiger partial charge in [0.2, 0.25) is 0 Å². The fraction of sp³-hybridized carbons (Fsp3) is 1.00. The van der Waals surface area contributed by atoms with Gasteiger partial charge in [0.15, 0.2) is 0 Å². The molecule has 0 aromatic carbocycles. The Balaban J connectivity index is 0. The largest absolute Gasteiger partial charge is 0.387 e. The lowest BCUT2D eigenvalue weighted by atomic mass is 9.90. The molecule has 0 bridgehead atoms. The summed E-state index contributed by atoms with van der Waals surface area (Å²) in [5.74, 6) is 0. The highest BCUT2D eigenvalue weighted by Crippen LogP contribution is 2.26. The van der Waals surface area contributed by atoms with Crippen molar-refractivity contribution in [3.8, 4) is 0 Å². The molecule has 0 amide bonds. The van der Waals surface area contributed by atoms with E-state index in [1.165, 1.54) is 0 Å². The first kappa shape index (κ1) is 15.5. The van der Waals surface area contributed by atoms with Crippen molar-refractivity contribution in [1.29, 1.82) is 0 Å². The Kier molecular flexibility index (Phi) is 5.41. The summed E-state index contributed by atoms with van der Waals surface area (Å²) in [6, 6.07) is 0. The van der Waals surface area contributed by atoms with Crippen LogP contribution in [0.5, 0.6) is 0 Å². The van der Waals surface area contributed by atoms with E-state index < -0.39 is 18.8 Å². The lowest BCUT2D eigenvalue weighted by Crippen LogP contribution is -2.44. The first-order chi connectivity index (χ1) is 5.25. The van der Waals surface area contributed by atoms with Crippen molar-refractivity contribution >= 4 is 7.60 Å². The molecule has 13 heavy (non-hydrogen) atoms. The van der Waals surface area contributed by atoms with E-state index >= 15 is 0 Å². The molecule has 0 rings (SSSR count). The van der Waals surface area contributed by atoms with Crippen LogP contribution in [0.2, 0.25) is 0 Å². The lowest BCUT2D eigenvalue weighted by Gasteiger charge is -2.31. The van der Waals surface area contributed by atoms with Crippen molar-refractivity contribution in [3.63, 3.8) is 0 Å². The van der Waals surface area contributed by atoms with Crippen LogP contribution < -0.4 is 0 Å². The number of hydrogen-bond donors (Lipinski definition) is 4. The predicted octanol–water partition coefficient (Wildman–Crippen LogP) is 0.322. The number of hydrogen-bond acceptors (Lipinski definition) is 3. The van der Waals surface area contributed by atoms with Crippen LogP contribution >= 0.6 is 7.60 Å². The van der Waals surface area contributed by atoms with E-state index in [0.717, 1.165) is 6.66 Å². The molecule has 0 aromatic heterocycles. The maximum atomic E-state index is 9.33. The monoisotopic (exact) mass is 214 g/mol. The summed E-state index contributed by atoms with van der Waals surface area (Å²) in [5, 5.41) is 18.2. The molecule has 0 saturated carbocycles. The van der Waals surface area contributed by atoms with Gasteiger partial charge in [-0.05, 0) is 27.7 Å². The summed E-state index contributed by atoms with van der Waals surface area (Å²) >= 11 is 0. The van der Waals surface area contributed by atoms with Gasteiger partial charge in [0.1, 0.15) is 0 Å². The van der Waals surface area contributed by atoms with Crippen molar-refractivity contribution in [1.82, 2.24) is 0 Å². The standard InChI is InChI=1S/C6H14O2.CH5O3P/c1-5(2,7)6(3,4)8;1-5(2,3)4/h7-8H,1-4H3;1H3,(H2,2,3,4). The zero-order valence-electron chi connectivity index (χ0n) is 8.64. The highest BCUT2D eigenvalue weighted by molar-refractivity contribution is 7.50. The van der Waals surface area contributed by atoms with Crippen LogP contribution in [-0.2, 0) is 4.57 Å². The van der Waals surface area contributed by atoms with Crippen LogP contribution in [0.25, 0.3) is 0 Å². The van der Waals surface area contributed by atoms with Gasteiger partial charge < -0.3 is 20.0 Å². The average Bonchev–Trinajstić information content (AvgIpc) is 1.50. The van der Waals surface area contributed by atoms with E-state index in [2.05, 4.69) is 0 Å². The highest BCUT2D eigenvalue weighted by Gasteiger charge is 2.31. The lowest BCUT2D eigenvalue weighted by molar-refractivity contribution is -0.107. The Labute approximate surface area is 78.6 Å². The SMILES string of the molecule is CC(C)(O)C(C)(C)O.CP(=O)(O)O. The molecule has 5 nitrogen and oxygen atoms in total. The molecule has 0 fully saturated rings. The van der Waals surface area contributed by atoms with E-state index in [1.54, 1.807) is 27.7 Å². The first-order valence-corrected chi connectivity index (χ1v) is 5.79. The predicted molar refractivity (Wildman–Crippen MR) is 50.6 cm³/mol. The minimum Gasteiger partial charge on any atom is -0.387 e. The second kappa shape index (κ2) is 4.53. The Bertz CT molecular complexity index is 162.